The Morgan fingerprint density at radius 2 is 1.93 bits per heavy atom. The molecular weight excluding hydrogens is 346 g/mol. The maximum absolute atomic E-state index is 12.7. The Labute approximate surface area is 162 Å². The average molecular weight is 382 g/mol. The van der Waals surface area contributed by atoms with E-state index < -0.39 is 0 Å². The summed E-state index contributed by atoms with van der Waals surface area (Å²) >= 11 is 0. The molecule has 8 heteroatoms. The molecule has 2 aliphatic rings. The van der Waals surface area contributed by atoms with Crippen molar-refractivity contribution in [1.82, 2.24) is 20.0 Å². The maximum Gasteiger partial charge on any atom is 0.242 e. The number of hydrogen-bond donors (Lipinski definition) is 1. The van der Waals surface area contributed by atoms with E-state index in [1.165, 1.54) is 0 Å². The number of nitrogens with one attached hydrogen (secondary N) is 1. The summed E-state index contributed by atoms with van der Waals surface area (Å²) in [4.78, 5) is 35.4. The number of aliphatic imine (C=N–C) groups is 1. The van der Waals surface area contributed by atoms with E-state index >= 15 is 0 Å². The fourth-order valence-electron chi connectivity index (χ4n) is 3.97. The Morgan fingerprint density at radius 1 is 1.26 bits per heavy atom. The zero-order valence-corrected chi connectivity index (χ0v) is 17.5. The predicted octanol–water partition coefficient (Wildman–Crippen LogP) is 0.532. The van der Waals surface area contributed by atoms with Gasteiger partial charge in [0.05, 0.1) is 31.8 Å². The Hall–Kier alpha value is -1.83. The molecule has 0 aromatic heterocycles. The van der Waals surface area contributed by atoms with Gasteiger partial charge < -0.3 is 24.8 Å². The lowest BCUT2D eigenvalue weighted by molar-refractivity contribution is -0.145. The highest BCUT2D eigenvalue weighted by atomic mass is 16.5. The maximum atomic E-state index is 12.7. The molecule has 0 atom stereocenters. The fraction of sp³-hybridized carbons (Fsp3) is 0.842. The molecule has 0 bridgehead atoms. The number of hydrogen-bond acceptors (Lipinski definition) is 4. The summed E-state index contributed by atoms with van der Waals surface area (Å²) in [7, 11) is 0. The van der Waals surface area contributed by atoms with Crippen LogP contribution in [0, 0.1) is 0 Å². The highest BCUT2D eigenvalue weighted by Crippen LogP contribution is 2.24. The Morgan fingerprint density at radius 3 is 2.48 bits per heavy atom. The van der Waals surface area contributed by atoms with Gasteiger partial charge in [0.15, 0.2) is 5.96 Å². The van der Waals surface area contributed by atoms with Crippen molar-refractivity contribution in [1.29, 1.82) is 0 Å². The van der Waals surface area contributed by atoms with Crippen LogP contribution in [0.3, 0.4) is 0 Å². The molecule has 8 nitrogen and oxygen atoms in total. The standard InChI is InChI=1S/C19H35N5O3/c1-6-20-18(21-8-7-16(25)22-9-11-27-12-10-22)23-13-17(26)24(15(2)3)19(4,5)14-23/h15H,6-14H2,1-5H3,(H,20,21). The zero-order chi connectivity index (χ0) is 20.0. The fourth-order valence-corrected chi connectivity index (χ4v) is 3.97. The van der Waals surface area contributed by atoms with Gasteiger partial charge in [-0.15, -0.1) is 0 Å². The minimum absolute atomic E-state index is 0.108. The van der Waals surface area contributed by atoms with Crippen molar-refractivity contribution in [2.24, 2.45) is 4.99 Å². The van der Waals surface area contributed by atoms with Crippen molar-refractivity contribution in [3.05, 3.63) is 0 Å². The van der Waals surface area contributed by atoms with Crippen molar-refractivity contribution in [2.45, 2.75) is 52.6 Å². The second-order valence-corrected chi connectivity index (χ2v) is 8.00. The Bertz CT molecular complexity index is 556. The van der Waals surface area contributed by atoms with Crippen LogP contribution >= 0.6 is 0 Å². The first-order chi connectivity index (χ1) is 12.8. The molecule has 0 spiro atoms. The minimum Gasteiger partial charge on any atom is -0.378 e. The lowest BCUT2D eigenvalue weighted by atomic mass is 9.96. The largest absolute Gasteiger partial charge is 0.378 e. The number of piperazine rings is 1. The van der Waals surface area contributed by atoms with Gasteiger partial charge in [-0.1, -0.05) is 0 Å². The first-order valence-corrected chi connectivity index (χ1v) is 9.97. The van der Waals surface area contributed by atoms with Crippen molar-refractivity contribution in [2.75, 3.05) is 52.5 Å². The molecule has 154 valence electrons. The van der Waals surface area contributed by atoms with Crippen LogP contribution in [-0.2, 0) is 14.3 Å². The van der Waals surface area contributed by atoms with E-state index in [0.29, 0.717) is 58.3 Å². The molecule has 2 aliphatic heterocycles. The molecule has 0 aromatic carbocycles. The second kappa shape index (κ2) is 9.39. The SMILES string of the molecule is CCNC(=NCCC(=O)N1CCOCC1)N1CC(=O)N(C(C)C)C(C)(C)C1. The first kappa shape index (κ1) is 21.5. The molecule has 1 N–H and O–H groups in total. The third kappa shape index (κ3) is 5.57. The minimum atomic E-state index is -0.274. The van der Waals surface area contributed by atoms with Crippen LogP contribution < -0.4 is 5.32 Å². The number of guanidine groups is 1. The molecule has 2 saturated heterocycles. The highest BCUT2D eigenvalue weighted by Gasteiger charge is 2.40. The summed E-state index contributed by atoms with van der Waals surface area (Å²) in [5, 5.41) is 3.27. The number of ether oxygens (including phenoxy) is 1. The molecule has 0 aromatic rings. The Balaban J connectivity index is 2.00. The molecule has 0 radical (unpaired) electrons. The van der Waals surface area contributed by atoms with Gasteiger partial charge in [-0.05, 0) is 34.6 Å². The lowest BCUT2D eigenvalue weighted by Gasteiger charge is -2.49. The van der Waals surface area contributed by atoms with Gasteiger partial charge in [0, 0.05) is 38.6 Å². The molecule has 0 aliphatic carbocycles. The normalized spacial score (nSPS) is 21.0. The lowest BCUT2D eigenvalue weighted by Crippen LogP contribution is -2.66. The van der Waals surface area contributed by atoms with Gasteiger partial charge in [0.25, 0.3) is 0 Å². The molecule has 2 heterocycles. The van der Waals surface area contributed by atoms with E-state index in [1.807, 2.05) is 35.5 Å². The molecule has 2 amide bonds. The van der Waals surface area contributed by atoms with E-state index in [0.717, 1.165) is 6.54 Å². The molecular formula is C19H35N5O3. The highest BCUT2D eigenvalue weighted by molar-refractivity contribution is 5.88. The van der Waals surface area contributed by atoms with Gasteiger partial charge in [0.2, 0.25) is 11.8 Å². The zero-order valence-electron chi connectivity index (χ0n) is 17.5. The summed E-state index contributed by atoms with van der Waals surface area (Å²) in [6.07, 6.45) is 0.373. The number of amides is 2. The monoisotopic (exact) mass is 381 g/mol. The van der Waals surface area contributed by atoms with Crippen LogP contribution in [-0.4, -0.2) is 96.5 Å². The number of carbonyl (C=O) groups excluding carboxylic acids is 2. The number of carbonyl (C=O) groups is 2. The van der Waals surface area contributed by atoms with Crippen LogP contribution in [0.25, 0.3) is 0 Å². The summed E-state index contributed by atoms with van der Waals surface area (Å²) in [5.41, 5.74) is -0.274. The van der Waals surface area contributed by atoms with Crippen LogP contribution in [0.2, 0.25) is 0 Å². The van der Waals surface area contributed by atoms with Gasteiger partial charge >= 0.3 is 0 Å². The van der Waals surface area contributed by atoms with Crippen molar-refractivity contribution >= 4 is 17.8 Å². The molecule has 0 saturated carbocycles. The smallest absolute Gasteiger partial charge is 0.242 e. The van der Waals surface area contributed by atoms with Gasteiger partial charge in [-0.3, -0.25) is 14.6 Å². The summed E-state index contributed by atoms with van der Waals surface area (Å²) in [6, 6.07) is 0.167. The van der Waals surface area contributed by atoms with Crippen LogP contribution in [0.15, 0.2) is 4.99 Å². The molecule has 27 heavy (non-hydrogen) atoms. The molecule has 0 unspecified atom stereocenters. The third-order valence-corrected chi connectivity index (χ3v) is 4.93. The van der Waals surface area contributed by atoms with Crippen molar-refractivity contribution in [3.8, 4) is 0 Å². The summed E-state index contributed by atoms with van der Waals surface area (Å²) in [5.74, 6) is 0.923. The quantitative estimate of drug-likeness (QED) is 0.555. The summed E-state index contributed by atoms with van der Waals surface area (Å²) < 4.78 is 5.28. The second-order valence-electron chi connectivity index (χ2n) is 8.00. The van der Waals surface area contributed by atoms with Crippen molar-refractivity contribution < 1.29 is 14.3 Å². The van der Waals surface area contributed by atoms with Crippen LogP contribution in [0.4, 0.5) is 0 Å². The third-order valence-electron chi connectivity index (χ3n) is 4.93. The van der Waals surface area contributed by atoms with Gasteiger partial charge in [-0.2, -0.15) is 0 Å². The predicted molar refractivity (Wildman–Crippen MR) is 106 cm³/mol. The van der Waals surface area contributed by atoms with E-state index in [4.69, 9.17) is 4.74 Å². The van der Waals surface area contributed by atoms with Crippen molar-refractivity contribution in [3.63, 3.8) is 0 Å². The molecule has 2 rings (SSSR count). The number of nitrogens with zero attached hydrogens (tertiary/aromatic N) is 4. The van der Waals surface area contributed by atoms with Gasteiger partial charge in [-0.25, -0.2) is 0 Å². The number of morpholine rings is 1. The molecule has 2 fully saturated rings. The van der Waals surface area contributed by atoms with E-state index in [2.05, 4.69) is 24.2 Å². The van der Waals surface area contributed by atoms with Crippen LogP contribution in [0.1, 0.15) is 41.0 Å². The van der Waals surface area contributed by atoms with E-state index in [1.54, 1.807) is 0 Å². The van der Waals surface area contributed by atoms with Crippen LogP contribution in [0.5, 0.6) is 0 Å². The van der Waals surface area contributed by atoms with Gasteiger partial charge in [0.1, 0.15) is 0 Å². The summed E-state index contributed by atoms with van der Waals surface area (Å²) in [6.45, 7) is 14.9. The van der Waals surface area contributed by atoms with E-state index in [9.17, 15) is 9.59 Å². The Kier molecular flexibility index (Phi) is 7.47. The first-order valence-electron chi connectivity index (χ1n) is 9.97. The average Bonchev–Trinajstić information content (AvgIpc) is 2.59. The number of rotatable bonds is 5. The topological polar surface area (TPSA) is 77.5 Å². The van der Waals surface area contributed by atoms with E-state index in [-0.39, 0.29) is 23.4 Å².